The Morgan fingerprint density at radius 3 is 2.95 bits per heavy atom. The van der Waals surface area contributed by atoms with Crippen molar-refractivity contribution in [3.8, 4) is 0 Å². The van der Waals surface area contributed by atoms with E-state index in [1.165, 1.54) is 24.4 Å². The summed E-state index contributed by atoms with van der Waals surface area (Å²) < 4.78 is 13.8. The first-order valence-electron chi connectivity index (χ1n) is 5.60. The lowest BCUT2D eigenvalue weighted by Gasteiger charge is -2.08. The SMILES string of the molecule is Nc1cnc(Cl)c(C(=O)NCc2cc(F)ccc2Br)c1. The number of halogens is 3. The quantitative estimate of drug-likeness (QED) is 0.828. The highest BCUT2D eigenvalue weighted by atomic mass is 79.9. The number of nitrogens with two attached hydrogens (primary N) is 1. The van der Waals surface area contributed by atoms with Crippen LogP contribution in [0.3, 0.4) is 0 Å². The Kier molecular flexibility index (Phi) is 4.57. The van der Waals surface area contributed by atoms with E-state index < -0.39 is 5.91 Å². The largest absolute Gasteiger partial charge is 0.397 e. The Morgan fingerprint density at radius 2 is 2.20 bits per heavy atom. The van der Waals surface area contributed by atoms with Gasteiger partial charge in [0.25, 0.3) is 5.91 Å². The van der Waals surface area contributed by atoms with Gasteiger partial charge in [-0.05, 0) is 29.8 Å². The van der Waals surface area contributed by atoms with Crippen molar-refractivity contribution in [1.82, 2.24) is 10.3 Å². The van der Waals surface area contributed by atoms with Gasteiger partial charge in [0.2, 0.25) is 0 Å². The summed E-state index contributed by atoms with van der Waals surface area (Å²) in [4.78, 5) is 15.8. The summed E-state index contributed by atoms with van der Waals surface area (Å²) in [6, 6.07) is 5.68. The summed E-state index contributed by atoms with van der Waals surface area (Å²) in [6.07, 6.45) is 1.36. The second kappa shape index (κ2) is 6.19. The van der Waals surface area contributed by atoms with Gasteiger partial charge in [-0.2, -0.15) is 0 Å². The van der Waals surface area contributed by atoms with E-state index in [0.29, 0.717) is 15.7 Å². The van der Waals surface area contributed by atoms with Gasteiger partial charge in [-0.3, -0.25) is 4.79 Å². The third-order valence-corrected chi connectivity index (χ3v) is 3.63. The van der Waals surface area contributed by atoms with Crippen LogP contribution in [0.5, 0.6) is 0 Å². The summed E-state index contributed by atoms with van der Waals surface area (Å²) >= 11 is 9.12. The Hall–Kier alpha value is -1.66. The van der Waals surface area contributed by atoms with E-state index in [9.17, 15) is 9.18 Å². The Labute approximate surface area is 128 Å². The summed E-state index contributed by atoms with van der Waals surface area (Å²) in [5.41, 5.74) is 6.69. The maximum atomic E-state index is 13.1. The van der Waals surface area contributed by atoms with Crippen LogP contribution in [-0.2, 0) is 6.54 Å². The number of hydrogen-bond donors (Lipinski definition) is 2. The molecule has 2 aromatic rings. The molecule has 0 saturated carbocycles. The summed E-state index contributed by atoms with van der Waals surface area (Å²) in [6.45, 7) is 0.155. The fraction of sp³-hybridized carbons (Fsp3) is 0.0769. The number of hydrogen-bond acceptors (Lipinski definition) is 3. The van der Waals surface area contributed by atoms with Gasteiger partial charge in [-0.25, -0.2) is 9.37 Å². The third kappa shape index (κ3) is 3.46. The highest BCUT2D eigenvalue weighted by Crippen LogP contribution is 2.19. The first-order chi connectivity index (χ1) is 9.47. The van der Waals surface area contributed by atoms with Crippen LogP contribution in [0.2, 0.25) is 5.15 Å². The lowest BCUT2D eigenvalue weighted by molar-refractivity contribution is 0.0950. The molecule has 0 radical (unpaired) electrons. The van der Waals surface area contributed by atoms with E-state index in [-0.39, 0.29) is 23.1 Å². The lowest BCUT2D eigenvalue weighted by Crippen LogP contribution is -2.23. The van der Waals surface area contributed by atoms with Crippen molar-refractivity contribution < 1.29 is 9.18 Å². The van der Waals surface area contributed by atoms with Gasteiger partial charge >= 0.3 is 0 Å². The van der Waals surface area contributed by atoms with E-state index in [2.05, 4.69) is 26.2 Å². The minimum atomic E-state index is -0.425. The number of nitrogen functional groups attached to an aromatic ring is 1. The molecule has 0 aliphatic rings. The van der Waals surface area contributed by atoms with Crippen LogP contribution >= 0.6 is 27.5 Å². The predicted octanol–water partition coefficient (Wildman–Crippen LogP) is 3.15. The van der Waals surface area contributed by atoms with E-state index in [1.54, 1.807) is 6.07 Å². The normalized spacial score (nSPS) is 10.3. The number of benzene rings is 1. The average Bonchev–Trinajstić information content (AvgIpc) is 2.42. The Morgan fingerprint density at radius 1 is 1.45 bits per heavy atom. The molecule has 0 fully saturated rings. The van der Waals surface area contributed by atoms with Gasteiger partial charge in [0, 0.05) is 11.0 Å². The van der Waals surface area contributed by atoms with Crippen molar-refractivity contribution in [2.24, 2.45) is 0 Å². The molecule has 0 spiro atoms. The Bertz CT molecular complexity index is 666. The van der Waals surface area contributed by atoms with E-state index in [1.807, 2.05) is 0 Å². The molecule has 20 heavy (non-hydrogen) atoms. The van der Waals surface area contributed by atoms with Gasteiger partial charge in [0.1, 0.15) is 11.0 Å². The standard InChI is InChI=1S/C13H10BrClFN3O/c14-11-2-1-8(16)3-7(11)5-19-13(20)10-4-9(17)6-18-12(10)15/h1-4,6H,5,17H2,(H,19,20). The molecular weight excluding hydrogens is 349 g/mol. The van der Waals surface area contributed by atoms with Crippen molar-refractivity contribution >= 4 is 39.1 Å². The molecule has 0 saturated heterocycles. The molecule has 1 aromatic carbocycles. The summed E-state index contributed by atoms with van der Waals surface area (Å²) in [5, 5.41) is 2.70. The highest BCUT2D eigenvalue weighted by Gasteiger charge is 2.12. The van der Waals surface area contributed by atoms with Crippen molar-refractivity contribution in [3.05, 3.63) is 57.0 Å². The molecule has 0 aliphatic heterocycles. The molecule has 1 aromatic heterocycles. The zero-order valence-corrected chi connectivity index (χ0v) is 12.5. The van der Waals surface area contributed by atoms with Gasteiger partial charge in [-0.15, -0.1) is 0 Å². The van der Waals surface area contributed by atoms with Crippen LogP contribution in [0, 0.1) is 5.82 Å². The molecule has 104 valence electrons. The number of pyridine rings is 1. The van der Waals surface area contributed by atoms with Crippen LogP contribution in [0.15, 0.2) is 34.9 Å². The first kappa shape index (κ1) is 14.7. The van der Waals surface area contributed by atoms with Gasteiger partial charge in [-0.1, -0.05) is 27.5 Å². The summed E-state index contributed by atoms with van der Waals surface area (Å²) in [5.74, 6) is -0.799. The molecule has 0 atom stereocenters. The number of aromatic nitrogens is 1. The van der Waals surface area contributed by atoms with Crippen molar-refractivity contribution in [2.75, 3.05) is 5.73 Å². The Balaban J connectivity index is 2.12. The molecule has 3 N–H and O–H groups in total. The maximum Gasteiger partial charge on any atom is 0.254 e. The number of anilines is 1. The number of rotatable bonds is 3. The first-order valence-corrected chi connectivity index (χ1v) is 6.77. The molecule has 4 nitrogen and oxygen atoms in total. The molecular formula is C13H10BrClFN3O. The van der Waals surface area contributed by atoms with Crippen LogP contribution in [-0.4, -0.2) is 10.9 Å². The third-order valence-electron chi connectivity index (χ3n) is 2.55. The van der Waals surface area contributed by atoms with Crippen LogP contribution < -0.4 is 11.1 Å². The van der Waals surface area contributed by atoms with E-state index >= 15 is 0 Å². The zero-order valence-electron chi connectivity index (χ0n) is 10.2. The topological polar surface area (TPSA) is 68.0 Å². The minimum Gasteiger partial charge on any atom is -0.397 e. The second-order valence-electron chi connectivity index (χ2n) is 4.03. The van der Waals surface area contributed by atoms with Crippen molar-refractivity contribution in [2.45, 2.75) is 6.54 Å². The van der Waals surface area contributed by atoms with Crippen LogP contribution in [0.4, 0.5) is 10.1 Å². The molecule has 1 amide bonds. The molecule has 0 bridgehead atoms. The van der Waals surface area contributed by atoms with Crippen LogP contribution in [0.1, 0.15) is 15.9 Å². The van der Waals surface area contributed by atoms with Gasteiger partial charge in [0.15, 0.2) is 0 Å². The van der Waals surface area contributed by atoms with Crippen molar-refractivity contribution in [1.29, 1.82) is 0 Å². The number of carbonyl (C=O) groups excluding carboxylic acids is 1. The summed E-state index contributed by atoms with van der Waals surface area (Å²) in [7, 11) is 0. The molecule has 0 unspecified atom stereocenters. The molecule has 0 aliphatic carbocycles. The van der Waals surface area contributed by atoms with E-state index in [0.717, 1.165) is 0 Å². The van der Waals surface area contributed by atoms with Crippen LogP contribution in [0.25, 0.3) is 0 Å². The smallest absolute Gasteiger partial charge is 0.254 e. The fourth-order valence-corrected chi connectivity index (χ4v) is 2.15. The lowest BCUT2D eigenvalue weighted by atomic mass is 10.2. The molecule has 7 heteroatoms. The number of carbonyl (C=O) groups is 1. The number of nitrogens with zero attached hydrogens (tertiary/aromatic N) is 1. The molecule has 2 rings (SSSR count). The predicted molar refractivity (Wildman–Crippen MR) is 78.9 cm³/mol. The average molecular weight is 359 g/mol. The monoisotopic (exact) mass is 357 g/mol. The van der Waals surface area contributed by atoms with Crippen molar-refractivity contribution in [3.63, 3.8) is 0 Å². The van der Waals surface area contributed by atoms with Gasteiger partial charge in [0.05, 0.1) is 17.4 Å². The number of nitrogens with one attached hydrogen (secondary N) is 1. The maximum absolute atomic E-state index is 13.1. The fourth-order valence-electron chi connectivity index (χ4n) is 1.57. The van der Waals surface area contributed by atoms with E-state index in [4.69, 9.17) is 17.3 Å². The molecule has 1 heterocycles. The zero-order chi connectivity index (χ0) is 14.7. The second-order valence-corrected chi connectivity index (χ2v) is 5.24. The number of amides is 1. The van der Waals surface area contributed by atoms with Gasteiger partial charge < -0.3 is 11.1 Å². The minimum absolute atomic E-state index is 0.0648. The highest BCUT2D eigenvalue weighted by molar-refractivity contribution is 9.10.